The number of hydrogen-bond acceptors (Lipinski definition) is 3. The monoisotopic (exact) mass is 235 g/mol. The lowest BCUT2D eigenvalue weighted by Gasteiger charge is -2.21. The number of benzene rings is 1. The lowest BCUT2D eigenvalue weighted by molar-refractivity contribution is -0.133. The normalized spacial score (nSPS) is 18.0. The van der Waals surface area contributed by atoms with E-state index in [4.69, 9.17) is 5.11 Å². The van der Waals surface area contributed by atoms with Crippen LogP contribution in [0.5, 0.6) is 0 Å². The maximum absolute atomic E-state index is 11.9. The van der Waals surface area contributed by atoms with E-state index in [1.54, 1.807) is 24.3 Å². The average molecular weight is 235 g/mol. The van der Waals surface area contributed by atoms with Crippen molar-refractivity contribution in [2.45, 2.75) is 37.9 Å². The lowest BCUT2D eigenvalue weighted by atomic mass is 10.0. The van der Waals surface area contributed by atoms with Gasteiger partial charge in [0.25, 0.3) is 5.91 Å². The van der Waals surface area contributed by atoms with Crippen LogP contribution in [0.15, 0.2) is 24.3 Å². The van der Waals surface area contributed by atoms with Crippen molar-refractivity contribution in [2.24, 2.45) is 0 Å². The fourth-order valence-corrected chi connectivity index (χ4v) is 2.18. The molecule has 1 amide bonds. The van der Waals surface area contributed by atoms with E-state index in [0.29, 0.717) is 18.5 Å². The summed E-state index contributed by atoms with van der Waals surface area (Å²) in [4.78, 5) is 11.9. The number of carbonyl (C=O) groups excluding carboxylic acids is 1. The molecule has 0 radical (unpaired) electrons. The minimum Gasteiger partial charge on any atom is -0.392 e. The molecule has 1 fully saturated rings. The van der Waals surface area contributed by atoms with Crippen LogP contribution in [0.1, 0.15) is 31.2 Å². The molecular formula is C13H17NO3. The Morgan fingerprint density at radius 1 is 1.35 bits per heavy atom. The summed E-state index contributed by atoms with van der Waals surface area (Å²) in [6.45, 7) is -0.0615. The summed E-state index contributed by atoms with van der Waals surface area (Å²) in [5.41, 5.74) is 0.137. The van der Waals surface area contributed by atoms with Gasteiger partial charge >= 0.3 is 0 Å². The molecule has 0 unspecified atom stereocenters. The first-order valence-electron chi connectivity index (χ1n) is 5.88. The van der Waals surface area contributed by atoms with Gasteiger partial charge in [0.2, 0.25) is 0 Å². The van der Waals surface area contributed by atoms with Crippen molar-refractivity contribution in [3.05, 3.63) is 29.8 Å². The second-order valence-corrected chi connectivity index (χ2v) is 4.55. The molecule has 1 saturated carbocycles. The highest BCUT2D eigenvalue weighted by molar-refractivity contribution is 5.97. The Labute approximate surface area is 100 Å². The maximum Gasteiger partial charge on any atom is 0.256 e. The van der Waals surface area contributed by atoms with Crippen molar-refractivity contribution in [1.82, 2.24) is 0 Å². The van der Waals surface area contributed by atoms with E-state index in [2.05, 4.69) is 5.32 Å². The Hall–Kier alpha value is -1.39. The van der Waals surface area contributed by atoms with Crippen LogP contribution in [0.3, 0.4) is 0 Å². The minimum absolute atomic E-state index is 0.0615. The van der Waals surface area contributed by atoms with Crippen molar-refractivity contribution in [1.29, 1.82) is 0 Å². The van der Waals surface area contributed by atoms with Gasteiger partial charge in [-0.2, -0.15) is 0 Å². The highest BCUT2D eigenvalue weighted by Gasteiger charge is 2.38. The summed E-state index contributed by atoms with van der Waals surface area (Å²) in [6.07, 6.45) is 2.83. The number of hydrogen-bond donors (Lipinski definition) is 3. The third kappa shape index (κ3) is 2.65. The van der Waals surface area contributed by atoms with Gasteiger partial charge in [-0.05, 0) is 43.4 Å². The van der Waals surface area contributed by atoms with E-state index in [0.717, 1.165) is 18.4 Å². The molecule has 4 heteroatoms. The van der Waals surface area contributed by atoms with Crippen molar-refractivity contribution in [2.75, 3.05) is 5.32 Å². The minimum atomic E-state index is -1.21. The molecule has 92 valence electrons. The Bertz CT molecular complexity index is 411. The fourth-order valence-electron chi connectivity index (χ4n) is 2.18. The SMILES string of the molecule is O=C(Nc1cccc(CO)c1)C1(O)CCCC1. The third-order valence-corrected chi connectivity index (χ3v) is 3.22. The fraction of sp³-hybridized carbons (Fsp3) is 0.462. The first-order valence-corrected chi connectivity index (χ1v) is 5.88. The van der Waals surface area contributed by atoms with Crippen LogP contribution in [0.2, 0.25) is 0 Å². The second kappa shape index (κ2) is 4.85. The number of nitrogens with one attached hydrogen (secondary N) is 1. The van der Waals surface area contributed by atoms with Crippen LogP contribution < -0.4 is 5.32 Å². The smallest absolute Gasteiger partial charge is 0.256 e. The molecule has 4 nitrogen and oxygen atoms in total. The highest BCUT2D eigenvalue weighted by atomic mass is 16.3. The van der Waals surface area contributed by atoms with Gasteiger partial charge in [0, 0.05) is 5.69 Å². The van der Waals surface area contributed by atoms with Crippen LogP contribution in [-0.4, -0.2) is 21.7 Å². The summed E-state index contributed by atoms with van der Waals surface area (Å²) in [5.74, 6) is -0.343. The van der Waals surface area contributed by atoms with Crippen molar-refractivity contribution in [3.8, 4) is 0 Å². The summed E-state index contributed by atoms with van der Waals surface area (Å²) in [6, 6.07) is 6.99. The van der Waals surface area contributed by atoms with Gasteiger partial charge in [-0.3, -0.25) is 4.79 Å². The molecule has 0 saturated heterocycles. The van der Waals surface area contributed by atoms with Gasteiger partial charge in [-0.15, -0.1) is 0 Å². The van der Waals surface area contributed by atoms with Gasteiger partial charge in [0.05, 0.1) is 6.61 Å². The molecule has 1 aliphatic carbocycles. The van der Waals surface area contributed by atoms with Gasteiger partial charge in [0.1, 0.15) is 5.60 Å². The number of rotatable bonds is 3. The second-order valence-electron chi connectivity index (χ2n) is 4.55. The number of aliphatic hydroxyl groups excluding tert-OH is 1. The Morgan fingerprint density at radius 3 is 2.71 bits per heavy atom. The Kier molecular flexibility index (Phi) is 3.45. The molecule has 1 aromatic carbocycles. The van der Waals surface area contributed by atoms with E-state index in [1.807, 2.05) is 0 Å². The molecule has 2 rings (SSSR count). The van der Waals surface area contributed by atoms with E-state index in [9.17, 15) is 9.90 Å². The standard InChI is InChI=1S/C13H17NO3/c15-9-10-4-3-5-11(8-10)14-12(16)13(17)6-1-2-7-13/h3-5,8,15,17H,1-2,6-7,9H2,(H,14,16). The molecular weight excluding hydrogens is 218 g/mol. The first-order chi connectivity index (χ1) is 8.14. The van der Waals surface area contributed by atoms with E-state index >= 15 is 0 Å². The first kappa shape index (κ1) is 12.1. The zero-order valence-electron chi connectivity index (χ0n) is 9.65. The summed E-state index contributed by atoms with van der Waals surface area (Å²) >= 11 is 0. The predicted octanol–water partition coefficient (Wildman–Crippen LogP) is 1.42. The molecule has 0 bridgehead atoms. The van der Waals surface area contributed by atoms with E-state index in [-0.39, 0.29) is 12.5 Å². The van der Waals surface area contributed by atoms with Crippen LogP contribution in [0.4, 0.5) is 5.69 Å². The number of anilines is 1. The van der Waals surface area contributed by atoms with E-state index < -0.39 is 5.60 Å². The van der Waals surface area contributed by atoms with Gasteiger partial charge in [0.15, 0.2) is 0 Å². The summed E-state index contributed by atoms with van der Waals surface area (Å²) < 4.78 is 0. The van der Waals surface area contributed by atoms with Crippen molar-refractivity contribution < 1.29 is 15.0 Å². The molecule has 0 atom stereocenters. The molecule has 0 aromatic heterocycles. The maximum atomic E-state index is 11.9. The van der Waals surface area contributed by atoms with Gasteiger partial charge in [-0.25, -0.2) is 0 Å². The van der Waals surface area contributed by atoms with Crippen molar-refractivity contribution >= 4 is 11.6 Å². The molecule has 17 heavy (non-hydrogen) atoms. The van der Waals surface area contributed by atoms with Crippen LogP contribution >= 0.6 is 0 Å². The molecule has 0 heterocycles. The summed E-state index contributed by atoms with van der Waals surface area (Å²) in [5, 5.41) is 21.8. The summed E-state index contributed by atoms with van der Waals surface area (Å²) in [7, 11) is 0. The van der Waals surface area contributed by atoms with Gasteiger partial charge in [-0.1, -0.05) is 12.1 Å². The largest absolute Gasteiger partial charge is 0.392 e. The van der Waals surface area contributed by atoms with Gasteiger partial charge < -0.3 is 15.5 Å². The molecule has 1 aliphatic rings. The molecule has 0 spiro atoms. The van der Waals surface area contributed by atoms with Crippen LogP contribution in [0, 0.1) is 0 Å². The lowest BCUT2D eigenvalue weighted by Crippen LogP contribution is -2.40. The number of aliphatic hydroxyl groups is 2. The zero-order valence-corrected chi connectivity index (χ0v) is 9.65. The quantitative estimate of drug-likeness (QED) is 0.742. The third-order valence-electron chi connectivity index (χ3n) is 3.22. The Balaban J connectivity index is 2.07. The highest BCUT2D eigenvalue weighted by Crippen LogP contribution is 2.30. The van der Waals surface area contributed by atoms with Crippen LogP contribution in [0.25, 0.3) is 0 Å². The van der Waals surface area contributed by atoms with Crippen molar-refractivity contribution in [3.63, 3.8) is 0 Å². The Morgan fingerprint density at radius 2 is 2.06 bits per heavy atom. The molecule has 0 aliphatic heterocycles. The zero-order chi connectivity index (χ0) is 12.3. The topological polar surface area (TPSA) is 69.6 Å². The number of amides is 1. The molecule has 1 aromatic rings. The molecule has 3 N–H and O–H groups in total. The number of carbonyl (C=O) groups is 1. The van der Waals surface area contributed by atoms with E-state index in [1.165, 1.54) is 0 Å². The average Bonchev–Trinajstić information content (AvgIpc) is 2.78. The van der Waals surface area contributed by atoms with Crippen LogP contribution in [-0.2, 0) is 11.4 Å². The predicted molar refractivity (Wildman–Crippen MR) is 64.4 cm³/mol.